The number of carboxylic acid groups (broad SMARTS) is 4. The molecule has 44 heteroatoms. The SMILES string of the molecule is O=C(O)[C@@H]1CCC(=O)N1Cc1c([O-])c2cc(c1[O-])C(CCS(=O)(=O)O)c1cc(c(O)c(CN3C(=O)CC[C@H]3C(=O)O)c1[O-])C(CCS(=O)(=O)O)c1cc(c(O)c(CN3C(=O)CC[C@H]3C(=O)O)c1O)C(CCS(=O)(=O)O)c1cc(c([O-])c(CN3C(=O)CC[C@H]3C(=O)O)c1O)C2CCS(=O)(=O)O.[Na+].[Na+].[Na+].[Na+]. The number of carbonyl (C=O) groups excluding carboxylic acids is 4. The molecule has 4 fully saturated rings. The van der Waals surface area contributed by atoms with Gasteiger partial charge in [-0.25, -0.2) is 19.2 Å². The zero-order valence-corrected chi connectivity index (χ0v) is 67.3. The summed E-state index contributed by atoms with van der Waals surface area (Å²) in [6, 6.07) is -4.96. The predicted octanol–water partition coefficient (Wildman–Crippen LogP) is -12.9. The van der Waals surface area contributed by atoms with Crippen LogP contribution in [0.3, 0.4) is 0 Å². The number of aromatic hydroxyl groups is 4. The molecular formula is C60H64N4Na4O32S4. The number of fused-ring (bicyclic) bond motifs is 8. The van der Waals surface area contributed by atoms with E-state index in [4.69, 9.17) is 0 Å². The van der Waals surface area contributed by atoms with Crippen molar-refractivity contribution in [3.05, 3.63) is 91.0 Å². The Morgan fingerprint density at radius 1 is 0.337 bits per heavy atom. The normalized spacial score (nSPS) is 21.3. The Balaban J connectivity index is 0.00000486. The van der Waals surface area contributed by atoms with Crippen LogP contribution in [0.15, 0.2) is 24.3 Å². The molecular weight excluding hydrogens is 1510 g/mol. The number of hydrogen-bond acceptors (Lipinski definition) is 24. The number of aliphatic carboxylic acids is 4. The van der Waals surface area contributed by atoms with Crippen molar-refractivity contribution in [2.24, 2.45) is 0 Å². The fourth-order valence-corrected chi connectivity index (χ4v) is 16.3. The molecule has 5 aliphatic rings. The average molecular weight is 1570 g/mol. The van der Waals surface area contributed by atoms with Gasteiger partial charge >= 0.3 is 142 Å². The maximum Gasteiger partial charge on any atom is 1.00 e. The number of carboxylic acids is 4. The van der Waals surface area contributed by atoms with E-state index in [2.05, 4.69) is 0 Å². The number of rotatable bonds is 24. The summed E-state index contributed by atoms with van der Waals surface area (Å²) in [6.07, 6.45) is -9.10. The molecule has 36 nitrogen and oxygen atoms in total. The molecule has 4 aliphatic heterocycles. The van der Waals surface area contributed by atoms with Gasteiger partial charge in [-0.3, -0.25) is 37.4 Å². The smallest absolute Gasteiger partial charge is 0.872 e. The Morgan fingerprint density at radius 2 is 0.519 bits per heavy atom. The van der Waals surface area contributed by atoms with E-state index < -0.39 is 375 Å². The molecule has 0 aromatic heterocycles. The van der Waals surface area contributed by atoms with Crippen LogP contribution >= 0.6 is 0 Å². The summed E-state index contributed by atoms with van der Waals surface area (Å²) in [5.41, 5.74) is -12.4. The molecule has 4 saturated heterocycles. The summed E-state index contributed by atoms with van der Waals surface area (Å²) >= 11 is 0. The van der Waals surface area contributed by atoms with Crippen LogP contribution in [0.4, 0.5) is 0 Å². The zero-order chi connectivity index (χ0) is 74.1. The van der Waals surface area contributed by atoms with Gasteiger partial charge in [-0.05, 0) is 85.3 Å². The summed E-state index contributed by atoms with van der Waals surface area (Å²) in [6.45, 7) is -5.20. The second-order valence-electron chi connectivity index (χ2n) is 25.0. The Morgan fingerprint density at radius 3 is 0.750 bits per heavy atom. The van der Waals surface area contributed by atoms with E-state index >= 15 is 20.4 Å². The van der Waals surface area contributed by atoms with E-state index in [9.17, 15) is 131 Å². The molecule has 4 unspecified atom stereocenters. The number of carbonyl (C=O) groups is 8. The number of phenolic OH excluding ortho intramolecular Hbond substituents is 4. The number of phenols is 4. The van der Waals surface area contributed by atoms with Gasteiger partial charge in [-0.15, -0.1) is 11.5 Å². The molecule has 12 N–H and O–H groups in total. The molecule has 8 bridgehead atoms. The predicted molar refractivity (Wildman–Crippen MR) is 327 cm³/mol. The van der Waals surface area contributed by atoms with Gasteiger partial charge in [-0.1, -0.05) is 29.7 Å². The Bertz CT molecular complexity index is 3940. The van der Waals surface area contributed by atoms with E-state index in [1.54, 1.807) is 0 Å². The molecule has 4 aromatic carbocycles. The number of hydrogen-bond donors (Lipinski definition) is 12. The summed E-state index contributed by atoms with van der Waals surface area (Å²) in [4.78, 5) is 108. The van der Waals surface area contributed by atoms with Crippen molar-refractivity contribution in [2.45, 2.75) is 151 Å². The summed E-state index contributed by atoms with van der Waals surface area (Å²) in [5, 5.41) is 156. The van der Waals surface area contributed by atoms with Crippen molar-refractivity contribution in [3.8, 4) is 46.0 Å². The van der Waals surface area contributed by atoms with Crippen LogP contribution in [-0.2, 0) is 105 Å². The Hall–Kier alpha value is -5.32. The maximum atomic E-state index is 15.8. The van der Waals surface area contributed by atoms with Gasteiger partial charge in [0, 0.05) is 102 Å². The second kappa shape index (κ2) is 34.5. The molecule has 8 atom stereocenters. The quantitative estimate of drug-likeness (QED) is 0.0229. The van der Waals surface area contributed by atoms with Gasteiger partial charge in [0.25, 0.3) is 40.5 Å². The number of benzene rings is 4. The van der Waals surface area contributed by atoms with Gasteiger partial charge < -0.3 is 80.9 Å². The van der Waals surface area contributed by atoms with E-state index in [0.29, 0.717) is 43.9 Å². The van der Waals surface area contributed by atoms with Crippen LogP contribution in [-0.4, -0.2) is 207 Å². The number of nitrogens with zero attached hydrogens (tertiary/aromatic N) is 4. The first kappa shape index (κ1) is 89.3. The summed E-state index contributed by atoms with van der Waals surface area (Å²) in [5.74, 6) is -38.5. The monoisotopic (exact) mass is 1570 g/mol. The molecule has 4 amide bonds. The standard InChI is InChI=1S/C60H68N4O32S4.4Na/c65-45-5-1-41(57(77)78)61(45)21-37-49(69)29-17-30(50(37)70)26(10-14-98(88,89)90)32-19-34(54(74)39(52(32)72)23-63-43(59(81)82)3-7-47(63)67)28(12-16-100(94,95)96)36-20-35(55(75)40(56(36)76)24-64-44(60(83)84)4-8-48(64)68)27(11-15-99(91,92)93)33-18-31(25(29)9-13-97(85,86)87)51(71)38(53(33)73)22-62-42(58(79)80)2-6-46(62)66;;;;/h17-20,25-28,41-44,69-76H,1-16,21-24H2,(H,77,78)(H,79,80)(H,81,82)(H,83,84)(H,85,86,87)(H,88,89,90)(H,91,92,93)(H,94,95,96);;;;/q;4*+1/p-4/t25?,26?,27?,28?,41-,42-,43-,44-;;;;/m0..../s1. The van der Waals surface area contributed by atoms with Crippen LogP contribution in [0, 0.1) is 0 Å². The van der Waals surface area contributed by atoms with Crippen molar-refractivity contribution in [1.82, 2.24) is 19.6 Å². The number of amides is 4. The minimum absolute atomic E-state index is 0. The molecule has 4 aromatic rings. The third-order valence-electron chi connectivity index (χ3n) is 19.1. The summed E-state index contributed by atoms with van der Waals surface area (Å²) in [7, 11) is -21.6. The molecule has 4 heterocycles. The third-order valence-corrected chi connectivity index (χ3v) is 22.1. The molecule has 0 saturated carbocycles. The first-order valence-electron chi connectivity index (χ1n) is 30.5. The second-order valence-corrected chi connectivity index (χ2v) is 31.3. The van der Waals surface area contributed by atoms with Crippen LogP contribution in [0.2, 0.25) is 0 Å². The molecule has 9 rings (SSSR count). The fourth-order valence-electron chi connectivity index (χ4n) is 14.1. The largest absolute Gasteiger partial charge is 1.00 e. The zero-order valence-electron chi connectivity index (χ0n) is 56.0. The van der Waals surface area contributed by atoms with Gasteiger partial charge in [-0.2, -0.15) is 33.7 Å². The van der Waals surface area contributed by atoms with Gasteiger partial charge in [0.15, 0.2) is 0 Å². The van der Waals surface area contributed by atoms with Crippen LogP contribution < -0.4 is 139 Å². The van der Waals surface area contributed by atoms with Gasteiger partial charge in [0.1, 0.15) is 47.2 Å². The number of likely N-dealkylation sites (tertiary alicyclic amines) is 4. The topological polar surface area (TPSA) is 621 Å². The van der Waals surface area contributed by atoms with E-state index in [-0.39, 0.29) is 118 Å². The van der Waals surface area contributed by atoms with Gasteiger partial charge in [0.2, 0.25) is 23.6 Å². The maximum absolute atomic E-state index is 15.8. The van der Waals surface area contributed by atoms with Crippen LogP contribution in [0.25, 0.3) is 0 Å². The van der Waals surface area contributed by atoms with E-state index in [1.165, 1.54) is 0 Å². The molecule has 544 valence electrons. The molecule has 104 heavy (non-hydrogen) atoms. The first-order valence-corrected chi connectivity index (χ1v) is 37.0. The summed E-state index contributed by atoms with van der Waals surface area (Å²) < 4.78 is 147. The minimum atomic E-state index is -5.41. The first-order chi connectivity index (χ1) is 46.4. The molecule has 1 aliphatic carbocycles. The van der Waals surface area contributed by atoms with Crippen LogP contribution in [0.1, 0.15) is 167 Å². The van der Waals surface area contributed by atoms with Crippen molar-refractivity contribution in [1.29, 1.82) is 0 Å². The van der Waals surface area contributed by atoms with E-state index in [1.807, 2.05) is 0 Å². The van der Waals surface area contributed by atoms with Crippen molar-refractivity contribution < 1.29 is 270 Å². The Kier molecular flexibility index (Phi) is 29.6. The third kappa shape index (κ3) is 19.2. The van der Waals surface area contributed by atoms with Gasteiger partial charge in [0.05, 0.1) is 35.1 Å². The fraction of sp³-hybridized carbons (Fsp3) is 0.467. The van der Waals surface area contributed by atoms with Crippen molar-refractivity contribution in [3.63, 3.8) is 0 Å². The van der Waals surface area contributed by atoms with Crippen molar-refractivity contribution in [2.75, 3.05) is 23.0 Å². The molecule has 0 radical (unpaired) electrons. The molecule has 0 spiro atoms. The Labute approximate surface area is 681 Å². The minimum Gasteiger partial charge on any atom is -0.872 e. The van der Waals surface area contributed by atoms with Crippen molar-refractivity contribution >= 4 is 88.0 Å². The average Bonchev–Trinajstić information content (AvgIpc) is 0.854. The van der Waals surface area contributed by atoms with Crippen LogP contribution in [0.5, 0.6) is 46.0 Å². The van der Waals surface area contributed by atoms with E-state index in [0.717, 1.165) is 0 Å².